The minimum Gasteiger partial charge on any atom is -0.466 e. The molecule has 0 aromatic rings. The number of hydrogen-bond donors (Lipinski definition) is 3. The SMILES string of the molecule is CCC(=O)OCCC1(CS(=O)(=O)O)CC1.CCC(=O)OCCC1(O)CC1.OC1(CCCl)CC1. The molecule has 0 bridgehead atoms. The first-order valence-electron chi connectivity index (χ1n) is 11.6. The Hall–Kier alpha value is -0.940. The van der Waals surface area contributed by atoms with Gasteiger partial charge in [0.1, 0.15) is 0 Å². The van der Waals surface area contributed by atoms with Gasteiger partial charge in [-0.3, -0.25) is 14.1 Å². The van der Waals surface area contributed by atoms with Crippen molar-refractivity contribution in [3.63, 3.8) is 0 Å². The molecule has 11 heteroatoms. The molecule has 0 atom stereocenters. The van der Waals surface area contributed by atoms with Gasteiger partial charge in [-0.2, -0.15) is 8.42 Å². The molecule has 3 N–H and O–H groups in total. The maximum Gasteiger partial charge on any atom is 0.305 e. The average Bonchev–Trinajstić information content (AvgIpc) is 3.66. The highest BCUT2D eigenvalue weighted by Gasteiger charge is 2.45. The fraction of sp³-hybridized carbons (Fsp3) is 0.909. The molecule has 9 nitrogen and oxygen atoms in total. The Morgan fingerprint density at radius 2 is 1.24 bits per heavy atom. The fourth-order valence-corrected chi connectivity index (χ4v) is 4.49. The summed E-state index contributed by atoms with van der Waals surface area (Å²) in [5.41, 5.74) is -1.17. The van der Waals surface area contributed by atoms with Gasteiger partial charge >= 0.3 is 11.9 Å². The maximum absolute atomic E-state index is 10.8. The van der Waals surface area contributed by atoms with Crippen molar-refractivity contribution in [2.24, 2.45) is 5.41 Å². The van der Waals surface area contributed by atoms with Gasteiger partial charge in [-0.05, 0) is 56.8 Å². The minimum atomic E-state index is -3.92. The van der Waals surface area contributed by atoms with Crippen LogP contribution in [0.25, 0.3) is 0 Å². The summed E-state index contributed by atoms with van der Waals surface area (Å²) in [6, 6.07) is 0. The maximum atomic E-state index is 10.8. The van der Waals surface area contributed by atoms with Crippen LogP contribution in [0.15, 0.2) is 0 Å². The molecule has 194 valence electrons. The quantitative estimate of drug-likeness (QED) is 0.203. The third kappa shape index (κ3) is 14.8. The fourth-order valence-electron chi connectivity index (χ4n) is 2.94. The van der Waals surface area contributed by atoms with Gasteiger partial charge in [-0.15, -0.1) is 11.6 Å². The second-order valence-corrected chi connectivity index (χ2v) is 11.1. The van der Waals surface area contributed by atoms with Crippen LogP contribution in [0.2, 0.25) is 0 Å². The summed E-state index contributed by atoms with van der Waals surface area (Å²) in [4.78, 5) is 21.4. The van der Waals surface area contributed by atoms with Crippen molar-refractivity contribution in [1.29, 1.82) is 0 Å². The van der Waals surface area contributed by atoms with E-state index in [9.17, 15) is 23.1 Å². The molecule has 0 aliphatic heterocycles. The number of alkyl halides is 1. The number of aliphatic hydroxyl groups is 2. The van der Waals surface area contributed by atoms with Crippen molar-refractivity contribution in [1.82, 2.24) is 0 Å². The van der Waals surface area contributed by atoms with Gasteiger partial charge < -0.3 is 19.7 Å². The van der Waals surface area contributed by atoms with E-state index in [1.165, 1.54) is 0 Å². The standard InChI is InChI=1S/C9H16O5S.C8H14O3.C5H9ClO/c1-2-8(10)14-6-5-9(3-4-9)7-15(11,12)13;1-2-7(9)11-6-5-8(10)3-4-8;6-4-3-5(7)1-2-5/h2-7H2,1H3,(H,11,12,13);10H,2-6H2,1H3;7H,1-4H2. The summed E-state index contributed by atoms with van der Waals surface area (Å²) in [7, 11) is -3.92. The van der Waals surface area contributed by atoms with Crippen molar-refractivity contribution in [3.05, 3.63) is 0 Å². The van der Waals surface area contributed by atoms with Gasteiger partial charge in [0, 0.05) is 25.1 Å². The monoisotopic (exact) mass is 514 g/mol. The normalized spacial score (nSPS) is 20.2. The Bertz CT molecular complexity index is 726. The van der Waals surface area contributed by atoms with Crippen LogP contribution in [0.5, 0.6) is 0 Å². The molecule has 3 fully saturated rings. The summed E-state index contributed by atoms with van der Waals surface area (Å²) < 4.78 is 39.8. The molecular formula is C22H39ClO9S. The van der Waals surface area contributed by atoms with Gasteiger partial charge in [0.25, 0.3) is 10.1 Å². The highest BCUT2D eigenvalue weighted by atomic mass is 35.5. The zero-order valence-corrected chi connectivity index (χ0v) is 21.3. The second-order valence-electron chi connectivity index (χ2n) is 9.26. The van der Waals surface area contributed by atoms with Crippen LogP contribution >= 0.6 is 11.6 Å². The van der Waals surface area contributed by atoms with Gasteiger partial charge in [0.2, 0.25) is 0 Å². The molecule has 0 amide bonds. The molecule has 0 saturated heterocycles. The van der Waals surface area contributed by atoms with Gasteiger partial charge in [0.05, 0.1) is 30.2 Å². The van der Waals surface area contributed by atoms with E-state index in [0.29, 0.717) is 38.2 Å². The molecule has 0 aromatic heterocycles. The van der Waals surface area contributed by atoms with Gasteiger partial charge in [-0.25, -0.2) is 0 Å². The van der Waals surface area contributed by atoms with Crippen molar-refractivity contribution in [2.75, 3.05) is 24.8 Å². The zero-order valence-electron chi connectivity index (χ0n) is 19.7. The molecule has 0 unspecified atom stereocenters. The molecule has 0 spiro atoms. The molecule has 3 saturated carbocycles. The molecule has 0 aromatic carbocycles. The van der Waals surface area contributed by atoms with E-state index < -0.39 is 15.7 Å². The summed E-state index contributed by atoms with van der Waals surface area (Å²) in [5.74, 6) is -0.0907. The Balaban J connectivity index is 0.000000264. The van der Waals surface area contributed by atoms with Crippen molar-refractivity contribution < 1.29 is 42.2 Å². The first-order chi connectivity index (χ1) is 15.3. The van der Waals surface area contributed by atoms with Crippen LogP contribution in [0.3, 0.4) is 0 Å². The van der Waals surface area contributed by atoms with Crippen LogP contribution in [0, 0.1) is 5.41 Å². The molecular weight excluding hydrogens is 476 g/mol. The molecule has 33 heavy (non-hydrogen) atoms. The lowest BCUT2D eigenvalue weighted by Crippen LogP contribution is -2.19. The Labute approximate surface area is 201 Å². The number of carbonyl (C=O) groups excluding carboxylic acids is 2. The van der Waals surface area contributed by atoms with Gasteiger partial charge in [-0.1, -0.05) is 13.8 Å². The number of hydrogen-bond acceptors (Lipinski definition) is 8. The number of esters is 2. The van der Waals surface area contributed by atoms with Crippen LogP contribution in [-0.4, -0.2) is 71.2 Å². The molecule has 3 aliphatic rings. The minimum absolute atomic E-state index is 0.186. The Kier molecular flexibility index (Phi) is 12.1. The first kappa shape index (κ1) is 30.1. The van der Waals surface area contributed by atoms with Crippen LogP contribution in [0.1, 0.15) is 84.5 Å². The number of halogens is 1. The number of rotatable bonds is 12. The number of carbonyl (C=O) groups is 2. The van der Waals surface area contributed by atoms with Crippen molar-refractivity contribution in [3.8, 4) is 0 Å². The summed E-state index contributed by atoms with van der Waals surface area (Å²) in [6.07, 6.45) is 7.80. The lowest BCUT2D eigenvalue weighted by molar-refractivity contribution is -0.144. The van der Waals surface area contributed by atoms with E-state index in [1.54, 1.807) is 13.8 Å². The molecule has 3 rings (SSSR count). The van der Waals surface area contributed by atoms with Crippen LogP contribution in [-0.2, 0) is 29.2 Å². The lowest BCUT2D eigenvalue weighted by Gasteiger charge is -2.12. The zero-order chi connectivity index (χ0) is 25.2. The Morgan fingerprint density at radius 1 is 0.818 bits per heavy atom. The summed E-state index contributed by atoms with van der Waals surface area (Å²) in [6.45, 7) is 4.06. The molecule has 3 aliphatic carbocycles. The van der Waals surface area contributed by atoms with E-state index in [-0.39, 0.29) is 35.3 Å². The predicted molar refractivity (Wildman–Crippen MR) is 124 cm³/mol. The predicted octanol–water partition coefficient (Wildman–Crippen LogP) is 2.99. The molecule has 0 heterocycles. The smallest absolute Gasteiger partial charge is 0.305 e. The van der Waals surface area contributed by atoms with Crippen LogP contribution in [0.4, 0.5) is 0 Å². The van der Waals surface area contributed by atoms with E-state index in [2.05, 4.69) is 0 Å². The van der Waals surface area contributed by atoms with Crippen LogP contribution < -0.4 is 0 Å². The van der Waals surface area contributed by atoms with Gasteiger partial charge in [0.15, 0.2) is 0 Å². The van der Waals surface area contributed by atoms with Crippen molar-refractivity contribution >= 4 is 33.7 Å². The third-order valence-corrected chi connectivity index (χ3v) is 7.13. The number of ether oxygens (including phenoxy) is 2. The highest BCUT2D eigenvalue weighted by molar-refractivity contribution is 7.85. The lowest BCUT2D eigenvalue weighted by atomic mass is 10.1. The van der Waals surface area contributed by atoms with E-state index >= 15 is 0 Å². The van der Waals surface area contributed by atoms with E-state index in [0.717, 1.165) is 44.9 Å². The Morgan fingerprint density at radius 3 is 1.55 bits per heavy atom. The first-order valence-corrected chi connectivity index (χ1v) is 13.7. The summed E-state index contributed by atoms with van der Waals surface area (Å²) in [5, 5.41) is 18.4. The highest BCUT2D eigenvalue weighted by Crippen LogP contribution is 2.49. The average molecular weight is 515 g/mol. The summed E-state index contributed by atoms with van der Waals surface area (Å²) >= 11 is 5.37. The largest absolute Gasteiger partial charge is 0.466 e. The topological polar surface area (TPSA) is 147 Å². The van der Waals surface area contributed by atoms with E-state index in [1.807, 2.05) is 0 Å². The van der Waals surface area contributed by atoms with E-state index in [4.69, 9.17) is 30.7 Å². The van der Waals surface area contributed by atoms with Crippen molar-refractivity contribution in [2.45, 2.75) is 95.7 Å². The second kappa shape index (κ2) is 13.2. The molecule has 0 radical (unpaired) electrons. The third-order valence-electron chi connectivity index (χ3n) is 5.96.